The summed E-state index contributed by atoms with van der Waals surface area (Å²) in [5.41, 5.74) is 4.15. The van der Waals surface area contributed by atoms with Crippen molar-refractivity contribution in [3.05, 3.63) is 46.5 Å². The van der Waals surface area contributed by atoms with Crippen molar-refractivity contribution in [2.75, 3.05) is 12.3 Å². The van der Waals surface area contributed by atoms with E-state index >= 15 is 0 Å². The fourth-order valence-electron chi connectivity index (χ4n) is 3.23. The zero-order chi connectivity index (χ0) is 18.0. The van der Waals surface area contributed by atoms with Crippen molar-refractivity contribution < 1.29 is 9.18 Å². The van der Waals surface area contributed by atoms with Gasteiger partial charge in [0.1, 0.15) is 5.82 Å². The number of nitrogens with zero attached hydrogens (tertiary/aromatic N) is 2. The number of aromatic nitrogens is 2. The van der Waals surface area contributed by atoms with Gasteiger partial charge in [-0.15, -0.1) is 11.8 Å². The maximum atomic E-state index is 13.9. The van der Waals surface area contributed by atoms with Gasteiger partial charge in [0.2, 0.25) is 0 Å². The third-order valence-electron chi connectivity index (χ3n) is 4.65. The first-order valence-corrected chi connectivity index (χ1v) is 9.40. The molecule has 1 aliphatic heterocycles. The maximum absolute atomic E-state index is 13.9. The first-order chi connectivity index (χ1) is 12.0. The highest BCUT2D eigenvalue weighted by Crippen LogP contribution is 2.37. The van der Waals surface area contributed by atoms with Gasteiger partial charge >= 0.3 is 6.03 Å². The summed E-state index contributed by atoms with van der Waals surface area (Å²) in [5, 5.41) is 10.3. The Balaban J connectivity index is 1.56. The molecule has 7 heteroatoms. The molecule has 25 heavy (non-hydrogen) atoms. The van der Waals surface area contributed by atoms with Gasteiger partial charge in [-0.1, -0.05) is 12.1 Å². The average Bonchev–Trinajstić information content (AvgIpc) is 2.82. The van der Waals surface area contributed by atoms with Gasteiger partial charge in [-0.05, 0) is 43.9 Å². The molecule has 0 saturated carbocycles. The number of rotatable bonds is 4. The second-order valence-electron chi connectivity index (χ2n) is 6.27. The minimum Gasteiger partial charge on any atom is -0.338 e. The summed E-state index contributed by atoms with van der Waals surface area (Å²) in [7, 11) is 1.92. The second kappa shape index (κ2) is 7.47. The van der Waals surface area contributed by atoms with E-state index in [9.17, 15) is 9.18 Å². The Morgan fingerprint density at radius 2 is 2.24 bits per heavy atom. The van der Waals surface area contributed by atoms with Crippen LogP contribution in [0.2, 0.25) is 0 Å². The van der Waals surface area contributed by atoms with E-state index in [0.29, 0.717) is 11.4 Å². The summed E-state index contributed by atoms with van der Waals surface area (Å²) >= 11 is 1.51. The quantitative estimate of drug-likeness (QED) is 0.878. The van der Waals surface area contributed by atoms with Gasteiger partial charge in [0.25, 0.3) is 0 Å². The molecule has 1 aromatic heterocycles. The molecule has 1 aromatic carbocycles. The third-order valence-corrected chi connectivity index (χ3v) is 5.81. The van der Waals surface area contributed by atoms with Crippen molar-refractivity contribution in [3.8, 4) is 0 Å². The molecule has 1 atom stereocenters. The molecule has 0 saturated heterocycles. The van der Waals surface area contributed by atoms with Gasteiger partial charge in [0.15, 0.2) is 0 Å². The van der Waals surface area contributed by atoms with Gasteiger partial charge in [-0.25, -0.2) is 9.18 Å². The topological polar surface area (TPSA) is 59.0 Å². The van der Waals surface area contributed by atoms with E-state index < -0.39 is 0 Å². The van der Waals surface area contributed by atoms with E-state index in [-0.39, 0.29) is 17.9 Å². The molecule has 0 bridgehead atoms. The highest BCUT2D eigenvalue weighted by atomic mass is 32.2. The van der Waals surface area contributed by atoms with E-state index in [1.807, 2.05) is 31.6 Å². The number of benzene rings is 1. The lowest BCUT2D eigenvalue weighted by molar-refractivity contribution is 0.236. The Bertz CT molecular complexity index is 790. The smallest absolute Gasteiger partial charge is 0.315 e. The Hall–Kier alpha value is -2.02. The molecule has 2 amide bonds. The van der Waals surface area contributed by atoms with Gasteiger partial charge in [0, 0.05) is 29.9 Å². The molecular weight excluding hydrogens is 339 g/mol. The molecule has 5 nitrogen and oxygen atoms in total. The molecule has 2 heterocycles. The number of urea groups is 1. The minimum absolute atomic E-state index is 0.145. The molecule has 0 aliphatic carbocycles. The standard InChI is InChI=1S/C18H23FN4OS/c1-11-13(12(2)23(3)22-11)7-9-20-18(24)21-16-8-10-25-17-14(16)5-4-6-15(17)19/h4-6,16H,7-10H2,1-3H3,(H2,20,21,24). The first-order valence-electron chi connectivity index (χ1n) is 8.42. The lowest BCUT2D eigenvalue weighted by Gasteiger charge is -2.26. The van der Waals surface area contributed by atoms with E-state index in [2.05, 4.69) is 15.7 Å². The molecule has 0 radical (unpaired) electrons. The van der Waals surface area contributed by atoms with Crippen LogP contribution >= 0.6 is 11.8 Å². The minimum atomic E-state index is -0.216. The zero-order valence-electron chi connectivity index (χ0n) is 14.7. The summed E-state index contributed by atoms with van der Waals surface area (Å²) in [6.45, 7) is 4.55. The monoisotopic (exact) mass is 362 g/mol. The number of hydrogen-bond donors (Lipinski definition) is 2. The van der Waals surface area contributed by atoms with Crippen LogP contribution in [0, 0.1) is 19.7 Å². The van der Waals surface area contributed by atoms with E-state index in [0.717, 1.165) is 35.5 Å². The number of hydrogen-bond acceptors (Lipinski definition) is 3. The van der Waals surface area contributed by atoms with Gasteiger partial charge < -0.3 is 10.6 Å². The van der Waals surface area contributed by atoms with E-state index in [4.69, 9.17) is 0 Å². The van der Waals surface area contributed by atoms with Gasteiger partial charge in [-0.2, -0.15) is 5.10 Å². The summed E-state index contributed by atoms with van der Waals surface area (Å²) in [6, 6.07) is 4.69. The molecule has 134 valence electrons. The zero-order valence-corrected chi connectivity index (χ0v) is 15.5. The predicted octanol–water partition coefficient (Wildman–Crippen LogP) is 3.25. The number of carbonyl (C=O) groups is 1. The molecule has 2 N–H and O–H groups in total. The number of thioether (sulfide) groups is 1. The van der Waals surface area contributed by atoms with Crippen LogP contribution in [0.25, 0.3) is 0 Å². The SMILES string of the molecule is Cc1nn(C)c(C)c1CCNC(=O)NC1CCSc2c(F)cccc21. The predicted molar refractivity (Wildman–Crippen MR) is 97.4 cm³/mol. The Kier molecular flexibility index (Phi) is 5.32. The number of aryl methyl sites for hydroxylation is 2. The molecule has 2 aromatic rings. The van der Waals surface area contributed by atoms with Crippen LogP contribution in [0.5, 0.6) is 0 Å². The van der Waals surface area contributed by atoms with Crippen molar-refractivity contribution in [2.45, 2.75) is 37.6 Å². The molecule has 3 rings (SSSR count). The lowest BCUT2D eigenvalue weighted by Crippen LogP contribution is -2.39. The van der Waals surface area contributed by atoms with Crippen molar-refractivity contribution in [3.63, 3.8) is 0 Å². The van der Waals surface area contributed by atoms with Crippen LogP contribution in [0.4, 0.5) is 9.18 Å². The fourth-order valence-corrected chi connectivity index (χ4v) is 4.37. The van der Waals surface area contributed by atoms with Crippen LogP contribution in [0.3, 0.4) is 0 Å². The third kappa shape index (κ3) is 3.81. The Labute approximate surface area is 151 Å². The van der Waals surface area contributed by atoms with Crippen LogP contribution < -0.4 is 10.6 Å². The highest BCUT2D eigenvalue weighted by molar-refractivity contribution is 7.99. The van der Waals surface area contributed by atoms with Crippen molar-refractivity contribution in [1.82, 2.24) is 20.4 Å². The maximum Gasteiger partial charge on any atom is 0.315 e. The number of amides is 2. The van der Waals surface area contributed by atoms with Gasteiger partial charge in [-0.3, -0.25) is 4.68 Å². The Morgan fingerprint density at radius 1 is 1.44 bits per heavy atom. The second-order valence-corrected chi connectivity index (χ2v) is 7.38. The van der Waals surface area contributed by atoms with Crippen molar-refractivity contribution in [1.29, 1.82) is 0 Å². The van der Waals surface area contributed by atoms with Crippen molar-refractivity contribution >= 4 is 17.8 Å². The molecule has 0 spiro atoms. The normalized spacial score (nSPS) is 16.4. The summed E-state index contributed by atoms with van der Waals surface area (Å²) in [5.74, 6) is 0.587. The molecule has 1 unspecified atom stereocenters. The van der Waals surface area contributed by atoms with Crippen LogP contribution in [-0.4, -0.2) is 28.1 Å². The number of nitrogens with one attached hydrogen (secondary N) is 2. The summed E-state index contributed by atoms with van der Waals surface area (Å²) < 4.78 is 15.8. The van der Waals surface area contributed by atoms with Crippen LogP contribution in [-0.2, 0) is 13.5 Å². The molecular formula is C18H23FN4OS. The fraction of sp³-hybridized carbons (Fsp3) is 0.444. The van der Waals surface area contributed by atoms with Crippen LogP contribution in [0.15, 0.2) is 23.1 Å². The van der Waals surface area contributed by atoms with Crippen molar-refractivity contribution in [2.24, 2.45) is 7.05 Å². The number of fused-ring (bicyclic) bond motifs is 1. The largest absolute Gasteiger partial charge is 0.338 e. The first kappa shape index (κ1) is 17.8. The number of carbonyl (C=O) groups excluding carboxylic acids is 1. The Morgan fingerprint density at radius 3 is 2.96 bits per heavy atom. The highest BCUT2D eigenvalue weighted by Gasteiger charge is 2.24. The summed E-state index contributed by atoms with van der Waals surface area (Å²) in [6.07, 6.45) is 1.54. The molecule has 0 fully saturated rings. The average molecular weight is 362 g/mol. The van der Waals surface area contributed by atoms with Gasteiger partial charge in [0.05, 0.1) is 11.7 Å². The summed E-state index contributed by atoms with van der Waals surface area (Å²) in [4.78, 5) is 12.9. The van der Waals surface area contributed by atoms with E-state index in [1.54, 1.807) is 6.07 Å². The number of halogens is 1. The molecule has 1 aliphatic rings. The lowest BCUT2D eigenvalue weighted by atomic mass is 10.0. The van der Waals surface area contributed by atoms with E-state index in [1.165, 1.54) is 23.4 Å². The van der Waals surface area contributed by atoms with Crippen LogP contribution in [0.1, 0.15) is 35.0 Å².